The van der Waals surface area contributed by atoms with Crippen molar-refractivity contribution < 1.29 is 18.3 Å². The van der Waals surface area contributed by atoms with Crippen molar-refractivity contribution >= 4 is 15.9 Å². The lowest BCUT2D eigenvalue weighted by molar-refractivity contribution is -0.0971. The summed E-state index contributed by atoms with van der Waals surface area (Å²) in [6.07, 6.45) is -2.66. The Bertz CT molecular complexity index is 392. The van der Waals surface area contributed by atoms with Gasteiger partial charge in [-0.15, -0.1) is 0 Å². The average Bonchev–Trinajstić information content (AvgIpc) is 2.33. The topological polar surface area (TPSA) is 20.2 Å². The number of fused-ring (bicyclic) bond motifs is 1. The molecule has 1 aliphatic carbocycles. The third-order valence-corrected chi connectivity index (χ3v) is 3.02. The van der Waals surface area contributed by atoms with E-state index in [0.717, 1.165) is 6.07 Å². The van der Waals surface area contributed by atoms with E-state index >= 15 is 0 Å². The number of hydrogen-bond donors (Lipinski definition) is 1. The fourth-order valence-electron chi connectivity index (χ4n) is 1.63. The van der Waals surface area contributed by atoms with Gasteiger partial charge in [-0.2, -0.15) is 0 Å². The van der Waals surface area contributed by atoms with Gasteiger partial charge in [-0.25, -0.2) is 13.2 Å². The molecule has 1 nitrogen and oxygen atoms in total. The second-order valence-electron chi connectivity index (χ2n) is 3.26. The van der Waals surface area contributed by atoms with Crippen molar-refractivity contribution in [3.05, 3.63) is 33.5 Å². The summed E-state index contributed by atoms with van der Waals surface area (Å²) in [7, 11) is 0. The normalized spacial score (nSPS) is 23.6. The highest BCUT2D eigenvalue weighted by atomic mass is 79.9. The molecule has 2 rings (SSSR count). The summed E-state index contributed by atoms with van der Waals surface area (Å²) >= 11 is 3.01. The summed E-state index contributed by atoms with van der Waals surface area (Å²) in [6.45, 7) is 0. The van der Waals surface area contributed by atoms with Crippen LogP contribution < -0.4 is 0 Å². The van der Waals surface area contributed by atoms with Crippen LogP contribution in [0, 0.1) is 5.82 Å². The van der Waals surface area contributed by atoms with Crippen molar-refractivity contribution in [2.24, 2.45) is 0 Å². The first-order chi connectivity index (χ1) is 6.43. The van der Waals surface area contributed by atoms with E-state index < -0.39 is 24.3 Å². The maximum atomic E-state index is 13.1. The van der Waals surface area contributed by atoms with Gasteiger partial charge in [0.05, 0.1) is 0 Å². The Morgan fingerprint density at radius 3 is 2.64 bits per heavy atom. The number of benzene rings is 1. The molecule has 0 aliphatic heterocycles. The van der Waals surface area contributed by atoms with E-state index in [4.69, 9.17) is 0 Å². The summed E-state index contributed by atoms with van der Waals surface area (Å²) in [4.78, 5) is 0. The zero-order chi connectivity index (χ0) is 10.5. The molecule has 0 amide bonds. The summed E-state index contributed by atoms with van der Waals surface area (Å²) in [5.74, 6) is -3.97. The van der Waals surface area contributed by atoms with Crippen LogP contribution in [0.2, 0.25) is 0 Å². The number of hydrogen-bond acceptors (Lipinski definition) is 1. The maximum Gasteiger partial charge on any atom is 0.281 e. The standard InChI is InChI=1S/C9H6BrF3O/c10-5-1-2-6(11)4-3-9(12,13)8(14)7(4)5/h1-2,8,14H,3H2. The first kappa shape index (κ1) is 9.98. The highest BCUT2D eigenvalue weighted by Gasteiger charge is 2.48. The Hall–Kier alpha value is -0.550. The van der Waals surface area contributed by atoms with E-state index in [1.807, 2.05) is 0 Å². The van der Waals surface area contributed by atoms with Crippen molar-refractivity contribution in [3.8, 4) is 0 Å². The molecule has 0 spiro atoms. The van der Waals surface area contributed by atoms with Gasteiger partial charge >= 0.3 is 0 Å². The number of aliphatic hydroxyl groups is 1. The SMILES string of the molecule is OC1c2c(Br)ccc(F)c2CC1(F)F. The van der Waals surface area contributed by atoms with Crippen molar-refractivity contribution in [2.45, 2.75) is 18.4 Å². The molecule has 0 aromatic heterocycles. The largest absolute Gasteiger partial charge is 0.382 e. The van der Waals surface area contributed by atoms with Crippen molar-refractivity contribution in [1.29, 1.82) is 0 Å². The first-order valence-electron chi connectivity index (χ1n) is 3.96. The highest BCUT2D eigenvalue weighted by molar-refractivity contribution is 9.10. The van der Waals surface area contributed by atoms with Crippen LogP contribution in [0.5, 0.6) is 0 Å². The molecular formula is C9H6BrF3O. The molecule has 0 bridgehead atoms. The van der Waals surface area contributed by atoms with Crippen LogP contribution in [-0.4, -0.2) is 11.0 Å². The van der Waals surface area contributed by atoms with Gasteiger partial charge in [-0.05, 0) is 12.1 Å². The zero-order valence-electron chi connectivity index (χ0n) is 6.90. The first-order valence-corrected chi connectivity index (χ1v) is 4.75. The average molecular weight is 267 g/mol. The van der Waals surface area contributed by atoms with E-state index in [0.29, 0.717) is 4.47 Å². The van der Waals surface area contributed by atoms with Crippen molar-refractivity contribution in [3.63, 3.8) is 0 Å². The smallest absolute Gasteiger partial charge is 0.281 e. The molecule has 5 heteroatoms. The Kier molecular flexibility index (Phi) is 2.12. The lowest BCUT2D eigenvalue weighted by Crippen LogP contribution is -2.21. The Morgan fingerprint density at radius 1 is 1.43 bits per heavy atom. The lowest BCUT2D eigenvalue weighted by atomic mass is 10.1. The molecule has 1 atom stereocenters. The molecule has 0 heterocycles. The van der Waals surface area contributed by atoms with E-state index in [-0.39, 0.29) is 11.1 Å². The molecule has 1 unspecified atom stereocenters. The van der Waals surface area contributed by atoms with Gasteiger partial charge in [-0.1, -0.05) is 15.9 Å². The van der Waals surface area contributed by atoms with E-state index in [9.17, 15) is 18.3 Å². The van der Waals surface area contributed by atoms with Crippen LogP contribution >= 0.6 is 15.9 Å². The summed E-state index contributed by atoms with van der Waals surface area (Å²) < 4.78 is 39.5. The van der Waals surface area contributed by atoms with Gasteiger partial charge in [0, 0.05) is 22.0 Å². The van der Waals surface area contributed by atoms with Gasteiger partial charge < -0.3 is 5.11 Å². The molecule has 0 fully saturated rings. The van der Waals surface area contributed by atoms with Crippen molar-refractivity contribution in [2.75, 3.05) is 0 Å². The van der Waals surface area contributed by atoms with Crippen LogP contribution in [0.3, 0.4) is 0 Å². The third-order valence-electron chi connectivity index (χ3n) is 2.33. The molecule has 1 aromatic rings. The van der Waals surface area contributed by atoms with Gasteiger partial charge in [0.15, 0.2) is 0 Å². The fourth-order valence-corrected chi connectivity index (χ4v) is 2.22. The molecule has 1 aromatic carbocycles. The highest BCUT2D eigenvalue weighted by Crippen LogP contribution is 2.46. The van der Waals surface area contributed by atoms with E-state index in [2.05, 4.69) is 15.9 Å². The van der Waals surface area contributed by atoms with Crippen LogP contribution in [0.1, 0.15) is 17.2 Å². The molecular weight excluding hydrogens is 261 g/mol. The number of aliphatic hydroxyl groups excluding tert-OH is 1. The number of alkyl halides is 2. The summed E-state index contributed by atoms with van der Waals surface area (Å²) in [5.41, 5.74) is -0.133. The van der Waals surface area contributed by atoms with Gasteiger partial charge in [0.25, 0.3) is 5.92 Å². The van der Waals surface area contributed by atoms with Gasteiger partial charge in [-0.3, -0.25) is 0 Å². The molecule has 1 aliphatic rings. The van der Waals surface area contributed by atoms with E-state index in [1.54, 1.807) is 0 Å². The van der Waals surface area contributed by atoms with E-state index in [1.165, 1.54) is 6.07 Å². The minimum atomic E-state index is -3.27. The monoisotopic (exact) mass is 266 g/mol. The zero-order valence-corrected chi connectivity index (χ0v) is 8.48. The Morgan fingerprint density at radius 2 is 2.07 bits per heavy atom. The van der Waals surface area contributed by atoms with Gasteiger partial charge in [0.2, 0.25) is 0 Å². The second-order valence-corrected chi connectivity index (χ2v) is 4.12. The fraction of sp³-hybridized carbons (Fsp3) is 0.333. The molecule has 76 valence electrons. The Balaban J connectivity index is 2.64. The maximum absolute atomic E-state index is 13.1. The summed E-state index contributed by atoms with van der Waals surface area (Å²) in [5, 5.41) is 9.27. The van der Waals surface area contributed by atoms with Crippen LogP contribution in [0.4, 0.5) is 13.2 Å². The molecule has 1 N–H and O–H groups in total. The van der Waals surface area contributed by atoms with Gasteiger partial charge in [0.1, 0.15) is 11.9 Å². The van der Waals surface area contributed by atoms with Crippen LogP contribution in [-0.2, 0) is 6.42 Å². The van der Waals surface area contributed by atoms with Crippen molar-refractivity contribution in [1.82, 2.24) is 0 Å². The Labute approximate surface area is 86.7 Å². The van der Waals surface area contributed by atoms with Crippen LogP contribution in [0.25, 0.3) is 0 Å². The predicted octanol–water partition coefficient (Wildman–Crippen LogP) is 2.81. The minimum absolute atomic E-state index is 0.0324. The molecule has 0 radical (unpaired) electrons. The second kappa shape index (κ2) is 2.97. The summed E-state index contributed by atoms with van der Waals surface area (Å²) in [6, 6.07) is 2.43. The predicted molar refractivity (Wildman–Crippen MR) is 47.7 cm³/mol. The molecule has 0 saturated heterocycles. The number of halogens is 4. The minimum Gasteiger partial charge on any atom is -0.382 e. The lowest BCUT2D eigenvalue weighted by Gasteiger charge is -2.13. The molecule has 0 saturated carbocycles. The quantitative estimate of drug-likeness (QED) is 0.766. The third kappa shape index (κ3) is 1.26. The van der Waals surface area contributed by atoms with Crippen LogP contribution in [0.15, 0.2) is 16.6 Å². The molecule has 14 heavy (non-hydrogen) atoms. The number of rotatable bonds is 0.